The monoisotopic (exact) mass is 501 g/mol. The molecule has 2 N–H and O–H groups in total. The Morgan fingerprint density at radius 1 is 1.12 bits per heavy atom. The molecular formula is C25H27NO6S2. The Hall–Kier alpha value is -2.91. The normalized spacial score (nSPS) is 15.3. The number of sulfonamides is 1. The number of ketones is 1. The van der Waals surface area contributed by atoms with E-state index in [-0.39, 0.29) is 32.6 Å². The van der Waals surface area contributed by atoms with E-state index in [1.807, 2.05) is 6.92 Å². The maximum absolute atomic E-state index is 13.0. The molecule has 0 aliphatic heterocycles. The Morgan fingerprint density at radius 3 is 2.65 bits per heavy atom. The van der Waals surface area contributed by atoms with Crippen LogP contribution in [0.2, 0.25) is 0 Å². The number of anilines is 1. The highest BCUT2D eigenvalue weighted by molar-refractivity contribution is 7.94. The largest absolute Gasteiger partial charge is 0.506 e. The fourth-order valence-corrected chi connectivity index (χ4v) is 6.47. The van der Waals surface area contributed by atoms with Crippen LogP contribution in [0.4, 0.5) is 5.69 Å². The molecule has 0 saturated heterocycles. The van der Waals surface area contributed by atoms with Gasteiger partial charge in [-0.3, -0.25) is 9.52 Å². The molecule has 2 aromatic heterocycles. The summed E-state index contributed by atoms with van der Waals surface area (Å²) in [7, 11) is -3.74. The highest BCUT2D eigenvalue weighted by atomic mass is 32.2. The second-order valence-electron chi connectivity index (χ2n) is 8.44. The second kappa shape index (κ2) is 10.1. The van der Waals surface area contributed by atoms with E-state index in [1.54, 1.807) is 35.7 Å². The summed E-state index contributed by atoms with van der Waals surface area (Å²) in [6, 6.07) is 9.95. The molecule has 0 amide bonds. The van der Waals surface area contributed by atoms with Crippen LogP contribution in [0.15, 0.2) is 55.2 Å². The van der Waals surface area contributed by atoms with Gasteiger partial charge in [0.1, 0.15) is 15.7 Å². The first-order valence-electron chi connectivity index (χ1n) is 11.4. The number of nitrogens with one attached hydrogen (secondary N) is 1. The molecule has 1 aliphatic rings. The molecule has 1 aliphatic carbocycles. The number of aromatic hydroxyl groups is 1. The fourth-order valence-electron chi connectivity index (χ4n) is 4.43. The maximum atomic E-state index is 13.0. The van der Waals surface area contributed by atoms with Crippen LogP contribution in [0, 0.1) is 0 Å². The van der Waals surface area contributed by atoms with Gasteiger partial charge < -0.3 is 9.52 Å². The van der Waals surface area contributed by atoms with Crippen LogP contribution in [0.5, 0.6) is 5.75 Å². The number of Topliss-reactive ketones (excluding diaryl/α,β-unsaturated/α-hetero) is 1. The number of carbonyl (C=O) groups excluding carboxylic acids is 1. The minimum absolute atomic E-state index is 0.0489. The standard InChI is InChI=1S/C25H27NO6S2/c1-2-8-18(16-9-6-10-17(15-16)26-34(30,31)21-13-7-14-33-21)22-24(28)23-19(27)11-4-3-5-12-20(23)32-25(22)29/h6-7,9-10,13-15,18,26,28H,2-5,8,11-12H2,1H3. The molecule has 0 fully saturated rings. The minimum Gasteiger partial charge on any atom is -0.506 e. The lowest BCUT2D eigenvalue weighted by Gasteiger charge is -2.21. The molecule has 34 heavy (non-hydrogen) atoms. The van der Waals surface area contributed by atoms with Gasteiger partial charge in [0.05, 0.1) is 11.1 Å². The summed E-state index contributed by atoms with van der Waals surface area (Å²) in [6.45, 7) is 1.95. The summed E-state index contributed by atoms with van der Waals surface area (Å²) >= 11 is 1.12. The van der Waals surface area contributed by atoms with Crippen LogP contribution in [0.3, 0.4) is 0 Å². The quantitative estimate of drug-likeness (QED) is 0.446. The number of thiophene rings is 1. The van der Waals surface area contributed by atoms with Crippen molar-refractivity contribution in [3.05, 3.63) is 74.6 Å². The van der Waals surface area contributed by atoms with Crippen molar-refractivity contribution in [2.45, 2.75) is 62.0 Å². The number of hydrogen-bond donors (Lipinski definition) is 2. The Morgan fingerprint density at radius 2 is 1.91 bits per heavy atom. The molecule has 180 valence electrons. The molecule has 0 radical (unpaired) electrons. The number of rotatable bonds is 7. The topological polar surface area (TPSA) is 114 Å². The van der Waals surface area contributed by atoms with Crippen molar-refractivity contribution in [1.82, 2.24) is 0 Å². The van der Waals surface area contributed by atoms with Gasteiger partial charge in [-0.2, -0.15) is 0 Å². The zero-order valence-corrected chi connectivity index (χ0v) is 20.5. The van der Waals surface area contributed by atoms with Crippen LogP contribution in [0.1, 0.15) is 78.6 Å². The average Bonchev–Trinajstić information content (AvgIpc) is 3.33. The third-order valence-corrected chi connectivity index (χ3v) is 8.80. The number of hydrogen-bond acceptors (Lipinski definition) is 7. The predicted octanol–water partition coefficient (Wildman–Crippen LogP) is 5.44. The first-order valence-corrected chi connectivity index (χ1v) is 13.8. The molecule has 1 unspecified atom stereocenters. The van der Waals surface area contributed by atoms with E-state index >= 15 is 0 Å². The van der Waals surface area contributed by atoms with E-state index in [0.717, 1.165) is 30.6 Å². The van der Waals surface area contributed by atoms with Crippen LogP contribution >= 0.6 is 11.3 Å². The van der Waals surface area contributed by atoms with Gasteiger partial charge in [-0.15, -0.1) is 11.3 Å². The maximum Gasteiger partial charge on any atom is 0.343 e. The van der Waals surface area contributed by atoms with Crippen LogP contribution in [-0.2, 0) is 16.4 Å². The second-order valence-corrected chi connectivity index (χ2v) is 11.3. The Labute approximate surface area is 202 Å². The van der Waals surface area contributed by atoms with Gasteiger partial charge in [0.25, 0.3) is 10.0 Å². The van der Waals surface area contributed by atoms with Crippen LogP contribution < -0.4 is 10.3 Å². The van der Waals surface area contributed by atoms with Crippen molar-refractivity contribution in [2.24, 2.45) is 0 Å². The van der Waals surface area contributed by atoms with Gasteiger partial charge in [-0.1, -0.05) is 38.0 Å². The van der Waals surface area contributed by atoms with Crippen molar-refractivity contribution in [3.63, 3.8) is 0 Å². The molecule has 3 aromatic rings. The molecule has 0 spiro atoms. The van der Waals surface area contributed by atoms with E-state index in [1.165, 1.54) is 6.07 Å². The first-order chi connectivity index (χ1) is 16.3. The van der Waals surface area contributed by atoms with Crippen molar-refractivity contribution in [3.8, 4) is 5.75 Å². The lowest BCUT2D eigenvalue weighted by atomic mass is 9.85. The van der Waals surface area contributed by atoms with Crippen molar-refractivity contribution in [2.75, 3.05) is 4.72 Å². The van der Waals surface area contributed by atoms with Gasteiger partial charge in [0, 0.05) is 24.4 Å². The van der Waals surface area contributed by atoms with Crippen molar-refractivity contribution < 1.29 is 22.7 Å². The first kappa shape index (κ1) is 24.2. The highest BCUT2D eigenvalue weighted by Gasteiger charge is 2.30. The Kier molecular flexibility index (Phi) is 7.23. The minimum atomic E-state index is -3.74. The zero-order chi connectivity index (χ0) is 24.3. The van der Waals surface area contributed by atoms with Crippen molar-refractivity contribution >= 4 is 32.8 Å². The molecular weight excluding hydrogens is 474 g/mol. The molecule has 1 aromatic carbocycles. The fraction of sp³-hybridized carbons (Fsp3) is 0.360. The van der Waals surface area contributed by atoms with E-state index in [0.29, 0.717) is 36.9 Å². The Balaban J connectivity index is 1.77. The number of carbonyl (C=O) groups is 1. The molecule has 7 nitrogen and oxygen atoms in total. The summed E-state index contributed by atoms with van der Waals surface area (Å²) in [5, 5.41) is 12.8. The molecule has 9 heteroatoms. The summed E-state index contributed by atoms with van der Waals surface area (Å²) in [5.74, 6) is -0.828. The predicted molar refractivity (Wildman–Crippen MR) is 131 cm³/mol. The number of aryl methyl sites for hydroxylation is 1. The SMILES string of the molecule is CCCC(c1cccc(NS(=O)(=O)c2cccs2)c1)c1c(O)c2c(oc1=O)CCCCCC2=O. The van der Waals surface area contributed by atoms with Gasteiger partial charge in [-0.25, -0.2) is 13.2 Å². The van der Waals surface area contributed by atoms with E-state index < -0.39 is 21.6 Å². The molecule has 0 bridgehead atoms. The third-order valence-electron chi connectivity index (χ3n) is 6.02. The smallest absolute Gasteiger partial charge is 0.343 e. The van der Waals surface area contributed by atoms with Gasteiger partial charge in [-0.05, 0) is 48.4 Å². The van der Waals surface area contributed by atoms with Crippen molar-refractivity contribution in [1.29, 1.82) is 0 Å². The lowest BCUT2D eigenvalue weighted by Crippen LogP contribution is -2.20. The Bertz CT molecular complexity index is 1340. The average molecular weight is 502 g/mol. The molecule has 2 heterocycles. The lowest BCUT2D eigenvalue weighted by molar-refractivity contribution is 0.0968. The van der Waals surface area contributed by atoms with Crippen LogP contribution in [-0.4, -0.2) is 19.3 Å². The summed E-state index contributed by atoms with van der Waals surface area (Å²) in [6.07, 6.45) is 4.31. The third kappa shape index (κ3) is 4.95. The van der Waals surface area contributed by atoms with E-state index in [4.69, 9.17) is 4.42 Å². The van der Waals surface area contributed by atoms with E-state index in [9.17, 15) is 23.1 Å². The number of benzene rings is 1. The summed E-state index contributed by atoms with van der Waals surface area (Å²) in [4.78, 5) is 25.8. The zero-order valence-electron chi connectivity index (χ0n) is 18.9. The van der Waals surface area contributed by atoms with Gasteiger partial charge in [0.2, 0.25) is 0 Å². The van der Waals surface area contributed by atoms with Crippen LogP contribution in [0.25, 0.3) is 0 Å². The molecule has 4 rings (SSSR count). The molecule has 1 atom stereocenters. The summed E-state index contributed by atoms with van der Waals surface area (Å²) in [5.41, 5.74) is 0.498. The summed E-state index contributed by atoms with van der Waals surface area (Å²) < 4.78 is 33.7. The van der Waals surface area contributed by atoms with Gasteiger partial charge in [0.15, 0.2) is 5.78 Å². The van der Waals surface area contributed by atoms with E-state index in [2.05, 4.69) is 4.72 Å². The van der Waals surface area contributed by atoms with Gasteiger partial charge >= 0.3 is 5.63 Å². The number of fused-ring (bicyclic) bond motifs is 1. The highest BCUT2D eigenvalue weighted by Crippen LogP contribution is 2.38. The molecule has 0 saturated carbocycles.